The molecule has 8 heteroatoms. The Hall–Kier alpha value is -2.45. The van der Waals surface area contributed by atoms with E-state index in [4.69, 9.17) is 10.5 Å². The largest absolute Gasteiger partial charge is 0.480 e. The molecular weight excluding hydrogens is 542 g/mol. The Kier molecular flexibility index (Phi) is 12.2. The number of aryl methyl sites for hydroxylation is 1. The van der Waals surface area contributed by atoms with E-state index in [1.807, 2.05) is 51.1 Å². The molecule has 3 aliphatic rings. The van der Waals surface area contributed by atoms with Crippen molar-refractivity contribution in [3.05, 3.63) is 35.9 Å². The first-order valence-electron chi connectivity index (χ1n) is 16.4. The summed E-state index contributed by atoms with van der Waals surface area (Å²) in [5.41, 5.74) is 6.63. The Balaban J connectivity index is 0.000000934. The van der Waals surface area contributed by atoms with E-state index in [0.717, 1.165) is 50.5 Å². The highest BCUT2D eigenvalue weighted by Crippen LogP contribution is 2.43. The van der Waals surface area contributed by atoms with Crippen molar-refractivity contribution < 1.29 is 24.2 Å². The molecule has 0 bridgehead atoms. The smallest absolute Gasteiger partial charge is 0.326 e. The fourth-order valence-corrected chi connectivity index (χ4v) is 6.98. The van der Waals surface area contributed by atoms with Crippen LogP contribution in [0.5, 0.6) is 0 Å². The molecule has 1 aromatic carbocycles. The van der Waals surface area contributed by atoms with Crippen molar-refractivity contribution in [2.75, 3.05) is 0 Å². The highest BCUT2D eigenvalue weighted by Gasteiger charge is 2.49. The lowest BCUT2D eigenvalue weighted by molar-refractivity contribution is -0.157. The van der Waals surface area contributed by atoms with Crippen molar-refractivity contribution in [1.82, 2.24) is 10.2 Å². The summed E-state index contributed by atoms with van der Waals surface area (Å²) in [5.74, 6) is -0.711. The van der Waals surface area contributed by atoms with E-state index >= 15 is 0 Å². The topological polar surface area (TPSA) is 122 Å². The third kappa shape index (κ3) is 10.0. The zero-order valence-electron chi connectivity index (χ0n) is 27.6. The normalized spacial score (nSPS) is 28.4. The predicted molar refractivity (Wildman–Crippen MR) is 170 cm³/mol. The van der Waals surface area contributed by atoms with Crippen LogP contribution in [0.4, 0.5) is 0 Å². The van der Waals surface area contributed by atoms with Gasteiger partial charge in [0.1, 0.15) is 18.2 Å². The number of carbonyl (C=O) groups excluding carboxylic acids is 2. The second kappa shape index (κ2) is 15.0. The number of nitrogens with two attached hydrogens (primary N) is 1. The van der Waals surface area contributed by atoms with Gasteiger partial charge >= 0.3 is 11.9 Å². The van der Waals surface area contributed by atoms with E-state index in [1.54, 1.807) is 11.8 Å². The maximum Gasteiger partial charge on any atom is 0.326 e. The van der Waals surface area contributed by atoms with Crippen LogP contribution in [0.1, 0.15) is 112 Å². The molecule has 4 rings (SSSR count). The van der Waals surface area contributed by atoms with Crippen LogP contribution in [-0.4, -0.2) is 63.7 Å². The number of amides is 1. The molecule has 2 saturated carbocycles. The van der Waals surface area contributed by atoms with Crippen molar-refractivity contribution in [3.63, 3.8) is 0 Å². The second-order valence-electron chi connectivity index (χ2n) is 14.9. The number of likely N-dealkylation sites (tertiary alicyclic amines) is 1. The number of aliphatic carboxylic acids is 1. The second-order valence-corrected chi connectivity index (χ2v) is 14.9. The summed E-state index contributed by atoms with van der Waals surface area (Å²) in [6.07, 6.45) is 8.33. The average Bonchev–Trinajstić information content (AvgIpc) is 3.52. The first-order chi connectivity index (χ1) is 20.1. The third-order valence-corrected chi connectivity index (χ3v) is 9.69. The number of carboxylic acid groups (broad SMARTS) is 1. The Morgan fingerprint density at radius 2 is 1.74 bits per heavy atom. The SMILES string of the molecule is CC(C)(C)N.CC(C)[C@@]1(C)CCCC(OC(=O)C(CCc2ccccc2)N[C@@H](C)C(=O)N2[C@H](C(=O)O)C[C@@H]3CCC[C@@H]32)C1. The van der Waals surface area contributed by atoms with E-state index in [-0.39, 0.29) is 40.9 Å². The lowest BCUT2D eigenvalue weighted by Crippen LogP contribution is -2.55. The number of rotatable bonds is 10. The lowest BCUT2D eigenvalue weighted by Gasteiger charge is -2.41. The Bertz CT molecular complexity index is 1060. The van der Waals surface area contributed by atoms with Crippen LogP contribution >= 0.6 is 0 Å². The Labute approximate surface area is 259 Å². The molecular formula is C35H57N3O5. The zero-order chi connectivity index (χ0) is 31.9. The molecule has 242 valence electrons. The van der Waals surface area contributed by atoms with Crippen LogP contribution in [-0.2, 0) is 25.5 Å². The number of benzene rings is 1. The van der Waals surface area contributed by atoms with E-state index in [9.17, 15) is 19.5 Å². The van der Waals surface area contributed by atoms with Crippen LogP contribution in [0.15, 0.2) is 30.3 Å². The van der Waals surface area contributed by atoms with Gasteiger partial charge in [-0.1, -0.05) is 57.5 Å². The van der Waals surface area contributed by atoms with Gasteiger partial charge in [-0.15, -0.1) is 0 Å². The van der Waals surface area contributed by atoms with Gasteiger partial charge < -0.3 is 20.5 Å². The number of nitrogens with zero attached hydrogens (tertiary/aromatic N) is 1. The van der Waals surface area contributed by atoms with Crippen molar-refractivity contribution in [3.8, 4) is 0 Å². The summed E-state index contributed by atoms with van der Waals surface area (Å²) in [6, 6.07) is 7.87. The van der Waals surface area contributed by atoms with Crippen molar-refractivity contribution in [1.29, 1.82) is 0 Å². The molecule has 7 atom stereocenters. The van der Waals surface area contributed by atoms with Gasteiger partial charge in [-0.2, -0.15) is 0 Å². The van der Waals surface area contributed by atoms with E-state index in [2.05, 4.69) is 26.1 Å². The lowest BCUT2D eigenvalue weighted by atomic mass is 9.67. The Morgan fingerprint density at radius 1 is 1.09 bits per heavy atom. The number of fused-ring (bicyclic) bond motifs is 1. The van der Waals surface area contributed by atoms with Gasteiger partial charge in [0.05, 0.1) is 6.04 Å². The molecule has 1 heterocycles. The number of nitrogens with one attached hydrogen (secondary N) is 1. The number of carboxylic acids is 1. The molecule has 0 radical (unpaired) electrons. The van der Waals surface area contributed by atoms with Gasteiger partial charge in [0.25, 0.3) is 0 Å². The minimum absolute atomic E-state index is 0. The number of hydrogen-bond acceptors (Lipinski definition) is 6. The van der Waals surface area contributed by atoms with Gasteiger partial charge in [0.2, 0.25) is 5.91 Å². The van der Waals surface area contributed by atoms with Gasteiger partial charge in [0.15, 0.2) is 0 Å². The first kappa shape index (κ1) is 35.0. The van der Waals surface area contributed by atoms with Crippen LogP contribution < -0.4 is 11.1 Å². The molecule has 0 spiro atoms. The van der Waals surface area contributed by atoms with Crippen molar-refractivity contribution in [2.24, 2.45) is 23.0 Å². The molecule has 1 aromatic rings. The summed E-state index contributed by atoms with van der Waals surface area (Å²) in [5, 5.41) is 13.1. The highest BCUT2D eigenvalue weighted by atomic mass is 16.5. The fourth-order valence-electron chi connectivity index (χ4n) is 6.98. The monoisotopic (exact) mass is 599 g/mol. The van der Waals surface area contributed by atoms with Crippen LogP contribution in [0.3, 0.4) is 0 Å². The maximum absolute atomic E-state index is 13.6. The van der Waals surface area contributed by atoms with Crippen molar-refractivity contribution >= 4 is 17.8 Å². The number of ether oxygens (including phenoxy) is 1. The van der Waals surface area contributed by atoms with Crippen molar-refractivity contribution in [2.45, 2.75) is 148 Å². The number of hydrogen-bond donors (Lipinski definition) is 3. The minimum Gasteiger partial charge on any atom is -0.480 e. The summed E-state index contributed by atoms with van der Waals surface area (Å²) < 4.78 is 6.10. The zero-order valence-corrected chi connectivity index (χ0v) is 27.6. The molecule has 0 aromatic heterocycles. The molecule has 1 aliphatic heterocycles. The molecule has 8 nitrogen and oxygen atoms in total. The van der Waals surface area contributed by atoms with Gasteiger partial charge in [-0.05, 0) is 108 Å². The van der Waals surface area contributed by atoms with Crippen LogP contribution in [0.2, 0.25) is 0 Å². The van der Waals surface area contributed by atoms with Crippen LogP contribution in [0.25, 0.3) is 0 Å². The van der Waals surface area contributed by atoms with Gasteiger partial charge in [-0.25, -0.2) is 4.79 Å². The van der Waals surface area contributed by atoms with E-state index in [1.165, 1.54) is 0 Å². The van der Waals surface area contributed by atoms with Crippen LogP contribution in [0, 0.1) is 17.3 Å². The van der Waals surface area contributed by atoms with E-state index < -0.39 is 24.1 Å². The molecule has 1 saturated heterocycles. The molecule has 43 heavy (non-hydrogen) atoms. The minimum atomic E-state index is -0.939. The summed E-state index contributed by atoms with van der Waals surface area (Å²) >= 11 is 0. The maximum atomic E-state index is 13.6. The predicted octanol–water partition coefficient (Wildman–Crippen LogP) is 5.71. The van der Waals surface area contributed by atoms with Gasteiger partial charge in [-0.3, -0.25) is 14.9 Å². The summed E-state index contributed by atoms with van der Waals surface area (Å²) in [4.78, 5) is 40.8. The molecule has 3 fully saturated rings. The quantitative estimate of drug-likeness (QED) is 0.295. The molecule has 2 unspecified atom stereocenters. The number of esters is 1. The summed E-state index contributed by atoms with van der Waals surface area (Å²) in [7, 11) is 0. The Morgan fingerprint density at radius 3 is 2.35 bits per heavy atom. The molecule has 2 aliphatic carbocycles. The fraction of sp³-hybridized carbons (Fsp3) is 0.743. The first-order valence-corrected chi connectivity index (χ1v) is 16.4. The highest BCUT2D eigenvalue weighted by molar-refractivity contribution is 5.88. The third-order valence-electron chi connectivity index (χ3n) is 9.69. The molecule has 1 amide bonds. The van der Waals surface area contributed by atoms with Gasteiger partial charge in [0, 0.05) is 11.6 Å². The van der Waals surface area contributed by atoms with E-state index in [0.29, 0.717) is 25.2 Å². The average molecular weight is 600 g/mol. The molecule has 4 N–H and O–H groups in total. The standard InChI is InChI=1S/C31H46N2O5.C4H11N/c1-20(2)31(4)17-9-13-24(19-31)38-30(37)25(16-15-22-10-6-5-7-11-22)32-21(3)28(34)33-26-14-8-12-23(26)18-27(33)29(35)36;1-4(2,3)5/h5-7,10-11,20-21,23-27,32H,8-9,12-19H2,1-4H3,(H,35,36);5H2,1-3H3/t21-,23-,24?,25?,26-,27-,31-;/m0./s1. The summed E-state index contributed by atoms with van der Waals surface area (Å²) in [6.45, 7) is 14.4. The number of carbonyl (C=O) groups is 3.